The van der Waals surface area contributed by atoms with E-state index in [0.29, 0.717) is 5.92 Å². The third kappa shape index (κ3) is 1.31. The molecule has 0 bridgehead atoms. The molecule has 0 unspecified atom stereocenters. The van der Waals surface area contributed by atoms with Gasteiger partial charge in [0.1, 0.15) is 5.76 Å². The van der Waals surface area contributed by atoms with Gasteiger partial charge < -0.3 is 4.42 Å². The van der Waals surface area contributed by atoms with Gasteiger partial charge in [-0.25, -0.2) is 0 Å². The molecule has 0 spiro atoms. The van der Waals surface area contributed by atoms with Crippen molar-refractivity contribution in [3.8, 4) is 0 Å². The van der Waals surface area contributed by atoms with Gasteiger partial charge in [0, 0.05) is 0 Å². The molecule has 2 rings (SSSR count). The van der Waals surface area contributed by atoms with Gasteiger partial charge in [-0.3, -0.25) is 0 Å². The molecule has 0 amide bonds. The van der Waals surface area contributed by atoms with Crippen molar-refractivity contribution in [2.75, 3.05) is 0 Å². The molecule has 12 heavy (non-hydrogen) atoms. The lowest BCUT2D eigenvalue weighted by Crippen LogP contribution is -1.91. The normalized spacial score (nSPS) is 15.4. The fourth-order valence-corrected chi connectivity index (χ4v) is 1.63. The van der Waals surface area contributed by atoms with Crippen molar-refractivity contribution in [1.82, 2.24) is 0 Å². The summed E-state index contributed by atoms with van der Waals surface area (Å²) in [6.45, 7) is 4.45. The predicted octanol–water partition coefficient (Wildman–Crippen LogP) is 3.48. The van der Waals surface area contributed by atoms with Crippen LogP contribution in [0.25, 0.3) is 5.57 Å². The van der Waals surface area contributed by atoms with E-state index in [2.05, 4.69) is 19.9 Å². The van der Waals surface area contributed by atoms with Crippen molar-refractivity contribution >= 4 is 5.57 Å². The molecule has 1 aliphatic carbocycles. The largest absolute Gasteiger partial charge is 0.465 e. The highest BCUT2D eigenvalue weighted by Gasteiger charge is 2.22. The van der Waals surface area contributed by atoms with Gasteiger partial charge in [-0.15, -0.1) is 0 Å². The second-order valence-corrected chi connectivity index (χ2v) is 3.65. The fourth-order valence-electron chi connectivity index (χ4n) is 1.63. The first-order chi connectivity index (χ1) is 5.79. The molecule has 1 aromatic heterocycles. The highest BCUT2D eigenvalue weighted by atomic mass is 16.3. The first kappa shape index (κ1) is 7.66. The molecule has 0 saturated heterocycles. The van der Waals surface area contributed by atoms with Gasteiger partial charge in [-0.2, -0.15) is 0 Å². The van der Waals surface area contributed by atoms with Crippen LogP contribution in [-0.2, 0) is 0 Å². The summed E-state index contributed by atoms with van der Waals surface area (Å²) in [6, 6.07) is 4.02. The zero-order chi connectivity index (χ0) is 8.55. The molecule has 0 radical (unpaired) electrons. The summed E-state index contributed by atoms with van der Waals surface area (Å²) in [5.74, 6) is 1.66. The van der Waals surface area contributed by atoms with Gasteiger partial charge in [0.2, 0.25) is 0 Å². The molecule has 1 heterocycles. The van der Waals surface area contributed by atoms with Crippen molar-refractivity contribution in [2.24, 2.45) is 5.92 Å². The van der Waals surface area contributed by atoms with Crippen LogP contribution in [0.5, 0.6) is 0 Å². The van der Waals surface area contributed by atoms with Crippen LogP contribution < -0.4 is 0 Å². The standard InChI is InChI=1S/C11H14O/c1-8(2)11(9-5-6-9)10-4-3-7-12-10/h3-4,7-8H,5-6H2,1-2H3. The van der Waals surface area contributed by atoms with Gasteiger partial charge in [0.25, 0.3) is 0 Å². The highest BCUT2D eigenvalue weighted by Crippen LogP contribution is 2.40. The molecular formula is C11H14O. The quantitative estimate of drug-likeness (QED) is 0.648. The van der Waals surface area contributed by atoms with E-state index in [9.17, 15) is 0 Å². The Balaban J connectivity index is 2.36. The first-order valence-electron chi connectivity index (χ1n) is 4.55. The molecular weight excluding hydrogens is 148 g/mol. The number of allylic oxidation sites excluding steroid dienone is 2. The van der Waals surface area contributed by atoms with Crippen molar-refractivity contribution in [1.29, 1.82) is 0 Å². The zero-order valence-corrected chi connectivity index (χ0v) is 7.63. The maximum atomic E-state index is 5.40. The lowest BCUT2D eigenvalue weighted by molar-refractivity contribution is 0.544. The minimum absolute atomic E-state index is 0.591. The Morgan fingerprint density at radius 2 is 2.17 bits per heavy atom. The van der Waals surface area contributed by atoms with E-state index >= 15 is 0 Å². The Bertz CT molecular complexity index is 285. The van der Waals surface area contributed by atoms with Gasteiger partial charge in [0.05, 0.1) is 6.26 Å². The monoisotopic (exact) mass is 162 g/mol. The molecule has 0 aliphatic heterocycles. The minimum Gasteiger partial charge on any atom is -0.465 e. The highest BCUT2D eigenvalue weighted by molar-refractivity contribution is 5.69. The number of hydrogen-bond acceptors (Lipinski definition) is 1. The maximum absolute atomic E-state index is 5.40. The summed E-state index contributed by atoms with van der Waals surface area (Å²) < 4.78 is 5.40. The van der Waals surface area contributed by atoms with E-state index in [1.165, 1.54) is 18.4 Å². The minimum atomic E-state index is 0.591. The van der Waals surface area contributed by atoms with Gasteiger partial charge in [0.15, 0.2) is 0 Å². The summed E-state index contributed by atoms with van der Waals surface area (Å²) in [4.78, 5) is 0. The predicted molar refractivity (Wildman–Crippen MR) is 49.7 cm³/mol. The smallest absolute Gasteiger partial charge is 0.130 e. The summed E-state index contributed by atoms with van der Waals surface area (Å²) in [5, 5.41) is 0. The van der Waals surface area contributed by atoms with Gasteiger partial charge >= 0.3 is 0 Å². The average molecular weight is 162 g/mol. The van der Waals surface area contributed by atoms with Crippen molar-refractivity contribution in [3.05, 3.63) is 29.7 Å². The summed E-state index contributed by atoms with van der Waals surface area (Å²) >= 11 is 0. The summed E-state index contributed by atoms with van der Waals surface area (Å²) in [6.07, 6.45) is 4.29. The van der Waals surface area contributed by atoms with E-state index in [4.69, 9.17) is 4.42 Å². The van der Waals surface area contributed by atoms with Crippen LogP contribution in [0.2, 0.25) is 0 Å². The molecule has 1 heteroatoms. The maximum Gasteiger partial charge on any atom is 0.130 e. The molecule has 0 N–H and O–H groups in total. The fraction of sp³-hybridized carbons (Fsp3) is 0.455. The third-order valence-corrected chi connectivity index (χ3v) is 2.24. The van der Waals surface area contributed by atoms with Crippen LogP contribution in [0.3, 0.4) is 0 Å². The summed E-state index contributed by atoms with van der Waals surface area (Å²) in [7, 11) is 0. The lowest BCUT2D eigenvalue weighted by atomic mass is 10.00. The lowest BCUT2D eigenvalue weighted by Gasteiger charge is -2.07. The topological polar surface area (TPSA) is 13.1 Å². The van der Waals surface area contributed by atoms with Gasteiger partial charge in [-0.05, 0) is 36.5 Å². The van der Waals surface area contributed by atoms with Crippen LogP contribution in [0.4, 0.5) is 0 Å². The van der Waals surface area contributed by atoms with Crippen LogP contribution >= 0.6 is 0 Å². The van der Waals surface area contributed by atoms with Crippen LogP contribution in [-0.4, -0.2) is 0 Å². The van der Waals surface area contributed by atoms with E-state index < -0.39 is 0 Å². The third-order valence-electron chi connectivity index (χ3n) is 2.24. The first-order valence-corrected chi connectivity index (χ1v) is 4.55. The Morgan fingerprint density at radius 3 is 2.58 bits per heavy atom. The molecule has 1 aromatic rings. The zero-order valence-electron chi connectivity index (χ0n) is 7.63. The second kappa shape index (κ2) is 2.81. The van der Waals surface area contributed by atoms with Crippen molar-refractivity contribution in [3.63, 3.8) is 0 Å². The SMILES string of the molecule is CC(C)C(=C1CC1)c1ccco1. The number of hydrogen-bond donors (Lipinski definition) is 0. The Morgan fingerprint density at radius 1 is 1.42 bits per heavy atom. The molecule has 1 nitrogen and oxygen atoms in total. The van der Waals surface area contributed by atoms with E-state index in [-0.39, 0.29) is 0 Å². The van der Waals surface area contributed by atoms with Crippen molar-refractivity contribution < 1.29 is 4.42 Å². The Kier molecular flexibility index (Phi) is 1.80. The van der Waals surface area contributed by atoms with Crippen molar-refractivity contribution in [2.45, 2.75) is 26.7 Å². The number of furan rings is 1. The molecule has 1 fully saturated rings. The second-order valence-electron chi connectivity index (χ2n) is 3.65. The van der Waals surface area contributed by atoms with Crippen LogP contribution in [0.1, 0.15) is 32.4 Å². The molecule has 1 saturated carbocycles. The molecule has 64 valence electrons. The molecule has 1 aliphatic rings. The number of rotatable bonds is 2. The van der Waals surface area contributed by atoms with E-state index in [0.717, 1.165) is 5.76 Å². The molecule has 0 aromatic carbocycles. The van der Waals surface area contributed by atoms with Gasteiger partial charge in [-0.1, -0.05) is 19.4 Å². The van der Waals surface area contributed by atoms with Crippen LogP contribution in [0.15, 0.2) is 28.4 Å². The van der Waals surface area contributed by atoms with Crippen LogP contribution in [0, 0.1) is 5.92 Å². The summed E-state index contributed by atoms with van der Waals surface area (Å²) in [5.41, 5.74) is 3.01. The average Bonchev–Trinajstić information content (AvgIpc) is 2.65. The Labute approximate surface area is 73.1 Å². The van der Waals surface area contributed by atoms with E-state index in [1.807, 2.05) is 6.07 Å². The van der Waals surface area contributed by atoms with E-state index in [1.54, 1.807) is 11.8 Å². The molecule has 0 atom stereocenters. The Hall–Kier alpha value is -0.980.